The highest BCUT2D eigenvalue weighted by Crippen LogP contribution is 2.28. The minimum Gasteiger partial charge on any atom is -0.497 e. The highest BCUT2D eigenvalue weighted by atomic mass is 32.2. The predicted molar refractivity (Wildman–Crippen MR) is 113 cm³/mol. The van der Waals surface area contributed by atoms with Gasteiger partial charge in [0.1, 0.15) is 11.5 Å². The molecule has 2 aromatic carbocycles. The van der Waals surface area contributed by atoms with Crippen LogP contribution in [0.5, 0.6) is 11.5 Å². The van der Waals surface area contributed by atoms with Crippen LogP contribution in [0.2, 0.25) is 0 Å². The lowest BCUT2D eigenvalue weighted by Crippen LogP contribution is -2.30. The molecule has 0 aromatic heterocycles. The zero-order chi connectivity index (χ0) is 21.4. The molecule has 0 radical (unpaired) electrons. The van der Waals surface area contributed by atoms with Crippen molar-refractivity contribution in [2.24, 2.45) is 0 Å². The predicted octanol–water partition coefficient (Wildman–Crippen LogP) is 2.78. The Balaban J connectivity index is 2.01. The lowest BCUT2D eigenvalue weighted by atomic mass is 10.2. The summed E-state index contributed by atoms with van der Waals surface area (Å²) in [5.74, 6) is 0.834. The molecule has 0 fully saturated rings. The Kier molecular flexibility index (Phi) is 7.86. The summed E-state index contributed by atoms with van der Waals surface area (Å²) < 4.78 is 36.8. The number of sulfonamides is 1. The molecule has 1 amide bonds. The van der Waals surface area contributed by atoms with Gasteiger partial charge >= 0.3 is 0 Å². The molecule has 0 aliphatic carbocycles. The maximum absolute atomic E-state index is 12.5. The third-order valence-corrected chi connectivity index (χ3v) is 6.40. The molecule has 2 aromatic rings. The monoisotopic (exact) mass is 421 g/mol. The highest BCUT2D eigenvalue weighted by molar-refractivity contribution is 7.89. The molecule has 0 bridgehead atoms. The lowest BCUT2D eigenvalue weighted by molar-refractivity contribution is -0.114. The lowest BCUT2D eigenvalue weighted by Gasteiger charge is -2.18. The van der Waals surface area contributed by atoms with E-state index < -0.39 is 10.0 Å². The Morgan fingerprint density at radius 3 is 2.21 bits per heavy atom. The van der Waals surface area contributed by atoms with Crippen molar-refractivity contribution in [1.82, 2.24) is 4.31 Å². The second-order valence-corrected chi connectivity index (χ2v) is 8.02. The molecule has 0 aliphatic rings. The highest BCUT2D eigenvalue weighted by Gasteiger charge is 2.21. The first-order valence-corrected chi connectivity index (χ1v) is 10.7. The molecule has 0 spiro atoms. The van der Waals surface area contributed by atoms with Crippen LogP contribution in [0.15, 0.2) is 47.4 Å². The molecule has 2 rings (SSSR count). The number of benzene rings is 2. The zero-order valence-electron chi connectivity index (χ0n) is 17.1. The molecule has 0 heterocycles. The van der Waals surface area contributed by atoms with E-state index in [2.05, 4.69) is 10.6 Å². The summed E-state index contributed by atoms with van der Waals surface area (Å²) in [6.07, 6.45) is 0. The van der Waals surface area contributed by atoms with E-state index in [4.69, 9.17) is 9.47 Å². The number of carbonyl (C=O) groups excluding carboxylic acids is 1. The van der Waals surface area contributed by atoms with E-state index in [9.17, 15) is 13.2 Å². The third kappa shape index (κ3) is 5.61. The van der Waals surface area contributed by atoms with Gasteiger partial charge in [-0.15, -0.1) is 0 Å². The summed E-state index contributed by atoms with van der Waals surface area (Å²) in [5, 5.41) is 5.74. The van der Waals surface area contributed by atoms with Gasteiger partial charge in [0.05, 0.1) is 31.3 Å². The van der Waals surface area contributed by atoms with Crippen LogP contribution in [0.4, 0.5) is 11.4 Å². The fourth-order valence-electron chi connectivity index (χ4n) is 2.75. The second kappa shape index (κ2) is 10.1. The van der Waals surface area contributed by atoms with Gasteiger partial charge in [-0.2, -0.15) is 4.31 Å². The maximum atomic E-state index is 12.5. The topological polar surface area (TPSA) is 97.0 Å². The smallest absolute Gasteiger partial charge is 0.243 e. The van der Waals surface area contributed by atoms with Crippen LogP contribution >= 0.6 is 0 Å². The number of hydrogen-bond acceptors (Lipinski definition) is 6. The number of rotatable bonds is 10. The summed E-state index contributed by atoms with van der Waals surface area (Å²) in [5.41, 5.74) is 1.13. The Hall–Kier alpha value is -2.78. The average Bonchev–Trinajstić information content (AvgIpc) is 2.73. The fraction of sp³-hybridized carbons (Fsp3) is 0.350. The Bertz CT molecular complexity index is 926. The van der Waals surface area contributed by atoms with Crippen molar-refractivity contribution < 1.29 is 22.7 Å². The largest absolute Gasteiger partial charge is 0.497 e. The molecule has 0 unspecified atom stereocenters. The van der Waals surface area contributed by atoms with E-state index in [1.807, 2.05) is 0 Å². The number of hydrogen-bond donors (Lipinski definition) is 2. The van der Waals surface area contributed by atoms with Crippen molar-refractivity contribution in [3.63, 3.8) is 0 Å². The number of carbonyl (C=O) groups is 1. The van der Waals surface area contributed by atoms with Crippen LogP contribution in [-0.4, -0.2) is 52.5 Å². The van der Waals surface area contributed by atoms with E-state index in [1.165, 1.54) is 23.5 Å². The van der Waals surface area contributed by atoms with Gasteiger partial charge in [-0.25, -0.2) is 8.42 Å². The van der Waals surface area contributed by atoms with Gasteiger partial charge in [-0.1, -0.05) is 13.8 Å². The molecular weight excluding hydrogens is 394 g/mol. The van der Waals surface area contributed by atoms with Crippen LogP contribution in [0.25, 0.3) is 0 Å². The average molecular weight is 422 g/mol. The summed E-state index contributed by atoms with van der Waals surface area (Å²) in [7, 11) is -0.446. The zero-order valence-corrected chi connectivity index (χ0v) is 17.9. The Morgan fingerprint density at radius 2 is 1.66 bits per heavy atom. The van der Waals surface area contributed by atoms with Gasteiger partial charge in [-0.05, 0) is 36.4 Å². The first-order valence-electron chi connectivity index (χ1n) is 9.21. The summed E-state index contributed by atoms with van der Waals surface area (Å²) in [6, 6.07) is 11.4. The second-order valence-electron chi connectivity index (χ2n) is 6.08. The van der Waals surface area contributed by atoms with Gasteiger partial charge in [0.25, 0.3) is 0 Å². The number of nitrogens with one attached hydrogen (secondary N) is 2. The van der Waals surface area contributed by atoms with Crippen molar-refractivity contribution in [2.75, 3.05) is 44.5 Å². The Labute approximate surface area is 171 Å². The van der Waals surface area contributed by atoms with E-state index in [0.29, 0.717) is 36.0 Å². The van der Waals surface area contributed by atoms with Gasteiger partial charge in [0.15, 0.2) is 0 Å². The molecule has 158 valence electrons. The van der Waals surface area contributed by atoms with E-state index in [1.54, 1.807) is 51.3 Å². The normalized spacial score (nSPS) is 11.2. The first kappa shape index (κ1) is 22.5. The fourth-order valence-corrected chi connectivity index (χ4v) is 4.20. The first-order chi connectivity index (χ1) is 13.8. The van der Waals surface area contributed by atoms with Gasteiger partial charge in [0, 0.05) is 24.8 Å². The SMILES string of the molecule is CCN(CC)S(=O)(=O)c1ccc(NCC(=O)Nc2cc(OC)ccc2OC)cc1. The van der Waals surface area contributed by atoms with Crippen LogP contribution < -0.4 is 20.1 Å². The minimum atomic E-state index is -3.50. The number of ether oxygens (including phenoxy) is 2. The van der Waals surface area contributed by atoms with E-state index >= 15 is 0 Å². The van der Waals surface area contributed by atoms with Crippen molar-refractivity contribution in [3.05, 3.63) is 42.5 Å². The summed E-state index contributed by atoms with van der Waals surface area (Å²) in [6.45, 7) is 4.42. The summed E-state index contributed by atoms with van der Waals surface area (Å²) in [4.78, 5) is 12.5. The third-order valence-electron chi connectivity index (χ3n) is 4.33. The van der Waals surface area contributed by atoms with Crippen molar-refractivity contribution >= 4 is 27.3 Å². The number of amides is 1. The van der Waals surface area contributed by atoms with Crippen molar-refractivity contribution in [1.29, 1.82) is 0 Å². The molecule has 9 heteroatoms. The van der Waals surface area contributed by atoms with Crippen LogP contribution in [0.1, 0.15) is 13.8 Å². The quantitative estimate of drug-likeness (QED) is 0.612. The minimum absolute atomic E-state index is 0.00249. The molecule has 0 aliphatic heterocycles. The standard InChI is InChI=1S/C20H27N3O5S/c1-5-23(6-2)29(25,26)17-10-7-15(8-11-17)21-14-20(24)22-18-13-16(27-3)9-12-19(18)28-4/h7-13,21H,5-6,14H2,1-4H3,(H,22,24). The number of methoxy groups -OCH3 is 2. The molecule has 29 heavy (non-hydrogen) atoms. The maximum Gasteiger partial charge on any atom is 0.243 e. The number of nitrogens with zero attached hydrogens (tertiary/aromatic N) is 1. The molecule has 0 atom stereocenters. The van der Waals surface area contributed by atoms with Gasteiger partial charge in [-0.3, -0.25) is 4.79 Å². The molecule has 0 saturated carbocycles. The molecule has 0 saturated heterocycles. The number of anilines is 2. The van der Waals surface area contributed by atoms with Gasteiger partial charge < -0.3 is 20.1 Å². The summed E-state index contributed by atoms with van der Waals surface area (Å²) >= 11 is 0. The van der Waals surface area contributed by atoms with Gasteiger partial charge in [0.2, 0.25) is 15.9 Å². The molecular formula is C20H27N3O5S. The van der Waals surface area contributed by atoms with E-state index in [0.717, 1.165) is 0 Å². The van der Waals surface area contributed by atoms with Crippen LogP contribution in [0, 0.1) is 0 Å². The molecule has 2 N–H and O–H groups in total. The van der Waals surface area contributed by atoms with Crippen LogP contribution in [0.3, 0.4) is 0 Å². The van der Waals surface area contributed by atoms with Crippen molar-refractivity contribution in [2.45, 2.75) is 18.7 Å². The Morgan fingerprint density at radius 1 is 1.00 bits per heavy atom. The van der Waals surface area contributed by atoms with Crippen LogP contribution in [-0.2, 0) is 14.8 Å². The molecule has 8 nitrogen and oxygen atoms in total. The van der Waals surface area contributed by atoms with Crippen molar-refractivity contribution in [3.8, 4) is 11.5 Å². The van der Waals surface area contributed by atoms with E-state index in [-0.39, 0.29) is 17.3 Å².